The summed E-state index contributed by atoms with van der Waals surface area (Å²) in [7, 11) is 0. The van der Waals surface area contributed by atoms with Crippen LogP contribution < -0.4 is 5.32 Å². The molecule has 2 N–H and O–H groups in total. The van der Waals surface area contributed by atoms with E-state index >= 15 is 0 Å². The third-order valence-electron chi connectivity index (χ3n) is 3.79. The molecule has 1 aromatic rings. The highest BCUT2D eigenvalue weighted by Gasteiger charge is 2.23. The Balaban J connectivity index is 1.94. The number of hydrogen-bond donors (Lipinski definition) is 2. The average Bonchev–Trinajstić information content (AvgIpc) is 2.47. The Labute approximate surface area is 124 Å². The van der Waals surface area contributed by atoms with Gasteiger partial charge in [0.25, 0.3) is 0 Å². The van der Waals surface area contributed by atoms with E-state index in [9.17, 15) is 9.59 Å². The van der Waals surface area contributed by atoms with Crippen molar-refractivity contribution in [3.63, 3.8) is 0 Å². The van der Waals surface area contributed by atoms with Crippen molar-refractivity contribution < 1.29 is 19.4 Å². The molecule has 1 fully saturated rings. The van der Waals surface area contributed by atoms with Gasteiger partial charge in [-0.05, 0) is 30.9 Å². The maximum absolute atomic E-state index is 12.1. The number of benzene rings is 1. The Bertz CT molecular complexity index is 515. The number of nitrogens with one attached hydrogen (secondary N) is 1. The number of carbonyl (C=O) groups is 2. The molecule has 0 saturated carbocycles. The van der Waals surface area contributed by atoms with E-state index in [2.05, 4.69) is 12.2 Å². The zero-order chi connectivity index (χ0) is 15.2. The van der Waals surface area contributed by atoms with Crippen LogP contribution in [0, 0.1) is 0 Å². The number of hydrogen-bond acceptors (Lipinski definition) is 3. The first-order valence-corrected chi connectivity index (χ1v) is 7.32. The van der Waals surface area contributed by atoms with Crippen LogP contribution in [-0.4, -0.2) is 35.7 Å². The largest absolute Gasteiger partial charge is 0.478 e. The van der Waals surface area contributed by atoms with Crippen LogP contribution in [0.5, 0.6) is 0 Å². The fourth-order valence-electron chi connectivity index (χ4n) is 2.63. The number of aromatic carboxylic acids is 1. The molecule has 0 aliphatic carbocycles. The quantitative estimate of drug-likeness (QED) is 0.870. The lowest BCUT2D eigenvalue weighted by molar-refractivity contribution is -0.122. The van der Waals surface area contributed by atoms with Crippen LogP contribution >= 0.6 is 0 Å². The van der Waals surface area contributed by atoms with Gasteiger partial charge in [-0.3, -0.25) is 4.79 Å². The predicted octanol–water partition coefficient (Wildman–Crippen LogP) is 2.00. The first-order valence-electron chi connectivity index (χ1n) is 7.32. The van der Waals surface area contributed by atoms with Gasteiger partial charge < -0.3 is 15.2 Å². The first-order chi connectivity index (χ1) is 10.1. The van der Waals surface area contributed by atoms with E-state index in [1.54, 1.807) is 18.2 Å². The minimum Gasteiger partial charge on any atom is -0.478 e. The number of carboxylic acids is 1. The van der Waals surface area contributed by atoms with Crippen molar-refractivity contribution in [1.29, 1.82) is 0 Å². The second-order valence-corrected chi connectivity index (χ2v) is 5.33. The fourth-order valence-corrected chi connectivity index (χ4v) is 2.63. The molecule has 5 nitrogen and oxygen atoms in total. The molecule has 21 heavy (non-hydrogen) atoms. The van der Waals surface area contributed by atoms with E-state index in [-0.39, 0.29) is 30.0 Å². The molecule has 1 saturated heterocycles. The highest BCUT2D eigenvalue weighted by atomic mass is 16.5. The second kappa shape index (κ2) is 7.22. The van der Waals surface area contributed by atoms with Crippen molar-refractivity contribution >= 4 is 11.9 Å². The summed E-state index contributed by atoms with van der Waals surface area (Å²) in [6.07, 6.45) is 2.87. The van der Waals surface area contributed by atoms with Crippen LogP contribution in [0.2, 0.25) is 0 Å². The standard InChI is InChI=1S/C16H21NO4/c1-2-13-10-12(7-8-21-13)17-15(18)9-11-5-3-4-6-14(11)16(19)20/h3-6,12-13H,2,7-10H2,1H3,(H,17,18)(H,19,20). The number of ether oxygens (including phenoxy) is 1. The van der Waals surface area contributed by atoms with Gasteiger partial charge in [0, 0.05) is 12.6 Å². The molecule has 1 heterocycles. The van der Waals surface area contributed by atoms with E-state index in [0.717, 1.165) is 19.3 Å². The van der Waals surface area contributed by atoms with E-state index in [1.165, 1.54) is 6.07 Å². The molecule has 114 valence electrons. The Kier molecular flexibility index (Phi) is 5.33. The monoisotopic (exact) mass is 291 g/mol. The van der Waals surface area contributed by atoms with Gasteiger partial charge in [0.1, 0.15) is 0 Å². The molecule has 2 atom stereocenters. The minimum absolute atomic E-state index is 0.0939. The smallest absolute Gasteiger partial charge is 0.335 e. The Morgan fingerprint density at radius 1 is 1.38 bits per heavy atom. The van der Waals surface area contributed by atoms with Gasteiger partial charge in [-0.2, -0.15) is 0 Å². The van der Waals surface area contributed by atoms with Gasteiger partial charge in [0.2, 0.25) is 5.91 Å². The highest BCUT2D eigenvalue weighted by molar-refractivity contribution is 5.91. The van der Waals surface area contributed by atoms with Crippen LogP contribution in [0.15, 0.2) is 24.3 Å². The van der Waals surface area contributed by atoms with E-state index < -0.39 is 5.97 Å². The van der Waals surface area contributed by atoms with Gasteiger partial charge in [-0.25, -0.2) is 4.79 Å². The number of amides is 1. The molecule has 0 radical (unpaired) electrons. The molecule has 2 rings (SSSR count). The minimum atomic E-state index is -1.00. The third kappa shape index (κ3) is 4.29. The van der Waals surface area contributed by atoms with E-state index in [4.69, 9.17) is 9.84 Å². The van der Waals surface area contributed by atoms with Gasteiger partial charge in [-0.15, -0.1) is 0 Å². The Morgan fingerprint density at radius 2 is 2.14 bits per heavy atom. The number of carbonyl (C=O) groups excluding carboxylic acids is 1. The SMILES string of the molecule is CCC1CC(NC(=O)Cc2ccccc2C(=O)O)CCO1. The predicted molar refractivity (Wildman–Crippen MR) is 78.3 cm³/mol. The average molecular weight is 291 g/mol. The molecule has 5 heteroatoms. The third-order valence-corrected chi connectivity index (χ3v) is 3.79. The van der Waals surface area contributed by atoms with Crippen LogP contribution in [-0.2, 0) is 16.0 Å². The molecule has 2 unspecified atom stereocenters. The number of rotatable bonds is 5. The lowest BCUT2D eigenvalue weighted by Gasteiger charge is -2.29. The summed E-state index contributed by atoms with van der Waals surface area (Å²) in [5.41, 5.74) is 0.729. The summed E-state index contributed by atoms with van der Waals surface area (Å²) in [5, 5.41) is 12.1. The summed E-state index contributed by atoms with van der Waals surface area (Å²) >= 11 is 0. The molecule has 1 aliphatic rings. The van der Waals surface area contributed by atoms with Gasteiger partial charge in [-0.1, -0.05) is 25.1 Å². The first kappa shape index (κ1) is 15.5. The lowest BCUT2D eigenvalue weighted by Crippen LogP contribution is -2.42. The van der Waals surface area contributed by atoms with Gasteiger partial charge in [0.05, 0.1) is 18.1 Å². The maximum Gasteiger partial charge on any atom is 0.335 e. The summed E-state index contributed by atoms with van der Waals surface area (Å²) < 4.78 is 5.58. The Morgan fingerprint density at radius 3 is 2.86 bits per heavy atom. The summed E-state index contributed by atoms with van der Waals surface area (Å²) in [4.78, 5) is 23.2. The normalized spacial score (nSPS) is 21.8. The van der Waals surface area contributed by atoms with Gasteiger partial charge >= 0.3 is 5.97 Å². The topological polar surface area (TPSA) is 75.6 Å². The van der Waals surface area contributed by atoms with Crippen molar-refractivity contribution in [2.75, 3.05) is 6.61 Å². The zero-order valence-electron chi connectivity index (χ0n) is 12.2. The Hall–Kier alpha value is -1.88. The van der Waals surface area contributed by atoms with Crippen molar-refractivity contribution in [2.24, 2.45) is 0 Å². The van der Waals surface area contributed by atoms with Crippen LogP contribution in [0.1, 0.15) is 42.1 Å². The zero-order valence-corrected chi connectivity index (χ0v) is 12.2. The van der Waals surface area contributed by atoms with Crippen molar-refractivity contribution in [3.05, 3.63) is 35.4 Å². The van der Waals surface area contributed by atoms with Crippen molar-refractivity contribution in [3.8, 4) is 0 Å². The summed E-state index contributed by atoms with van der Waals surface area (Å²) in [6, 6.07) is 6.73. The van der Waals surface area contributed by atoms with E-state index in [0.29, 0.717) is 12.2 Å². The molecule has 0 bridgehead atoms. The number of carboxylic acid groups (broad SMARTS) is 1. The highest BCUT2D eigenvalue weighted by Crippen LogP contribution is 2.17. The van der Waals surface area contributed by atoms with Crippen LogP contribution in [0.3, 0.4) is 0 Å². The maximum atomic E-state index is 12.1. The molecule has 1 aromatic carbocycles. The second-order valence-electron chi connectivity index (χ2n) is 5.33. The summed E-state index contributed by atoms with van der Waals surface area (Å²) in [6.45, 7) is 2.73. The van der Waals surface area contributed by atoms with Crippen molar-refractivity contribution in [1.82, 2.24) is 5.32 Å². The van der Waals surface area contributed by atoms with Crippen LogP contribution in [0.25, 0.3) is 0 Å². The van der Waals surface area contributed by atoms with Gasteiger partial charge in [0.15, 0.2) is 0 Å². The summed E-state index contributed by atoms with van der Waals surface area (Å²) in [5.74, 6) is -1.14. The lowest BCUT2D eigenvalue weighted by atomic mass is 10.0. The van der Waals surface area contributed by atoms with Crippen LogP contribution in [0.4, 0.5) is 0 Å². The molecular formula is C16H21NO4. The molecule has 0 aromatic heterocycles. The molecule has 1 amide bonds. The fraction of sp³-hybridized carbons (Fsp3) is 0.500. The van der Waals surface area contributed by atoms with Crippen molar-refractivity contribution in [2.45, 2.75) is 44.8 Å². The van der Waals surface area contributed by atoms with E-state index in [1.807, 2.05) is 0 Å². The molecular weight excluding hydrogens is 270 g/mol. The molecule has 0 spiro atoms. The molecule has 1 aliphatic heterocycles.